The Morgan fingerprint density at radius 3 is 2.36 bits per heavy atom. The van der Waals surface area contributed by atoms with Gasteiger partial charge in [0.05, 0.1) is 11.4 Å². The van der Waals surface area contributed by atoms with Gasteiger partial charge in [0.1, 0.15) is 18.0 Å². The summed E-state index contributed by atoms with van der Waals surface area (Å²) in [4.78, 5) is 9.02. The minimum atomic E-state index is -0.279. The van der Waals surface area contributed by atoms with Crippen LogP contribution in [0.1, 0.15) is 29.7 Å². The number of benzene rings is 2. The minimum absolute atomic E-state index is 0.256. The number of fused-ring (bicyclic) bond motifs is 2. The first-order chi connectivity index (χ1) is 13.7. The van der Waals surface area contributed by atoms with Crippen LogP contribution in [0.3, 0.4) is 0 Å². The Balaban J connectivity index is 1.73. The molecule has 4 aromatic rings. The van der Waals surface area contributed by atoms with Crippen LogP contribution < -0.4 is 0 Å². The standard InChI is InChI=1S/C22H16F2N4/c23-17-8-4-14(5-9-17)12-16-2-1-3-19-20(16)27-22-25-13-26-28(22)21(19)15-6-10-18(24)11-7-15/h4-13H,1-3H2/b16-12-. The minimum Gasteiger partial charge on any atom is -0.211 e. The molecule has 0 bridgehead atoms. The molecule has 0 fully saturated rings. The van der Waals surface area contributed by atoms with Crippen LogP contribution in [0, 0.1) is 11.6 Å². The Labute approximate surface area is 160 Å². The predicted molar refractivity (Wildman–Crippen MR) is 103 cm³/mol. The van der Waals surface area contributed by atoms with E-state index in [0.29, 0.717) is 5.78 Å². The van der Waals surface area contributed by atoms with Crippen LogP contribution in [0.2, 0.25) is 0 Å². The Bertz CT molecular complexity index is 1190. The third-order valence-electron chi connectivity index (χ3n) is 5.03. The Kier molecular flexibility index (Phi) is 3.97. The molecule has 0 saturated carbocycles. The summed E-state index contributed by atoms with van der Waals surface area (Å²) in [5.41, 5.74) is 5.73. The molecule has 0 atom stereocenters. The summed E-state index contributed by atoms with van der Waals surface area (Å²) in [7, 11) is 0. The van der Waals surface area contributed by atoms with Crippen molar-refractivity contribution >= 4 is 17.4 Å². The van der Waals surface area contributed by atoms with E-state index in [1.165, 1.54) is 30.6 Å². The molecule has 1 aliphatic carbocycles. The highest BCUT2D eigenvalue weighted by Crippen LogP contribution is 2.37. The van der Waals surface area contributed by atoms with Crippen LogP contribution in [-0.4, -0.2) is 19.6 Å². The van der Waals surface area contributed by atoms with Crippen LogP contribution in [0.5, 0.6) is 0 Å². The van der Waals surface area contributed by atoms with Crippen molar-refractivity contribution in [2.75, 3.05) is 0 Å². The molecule has 6 heteroatoms. The van der Waals surface area contributed by atoms with Gasteiger partial charge < -0.3 is 0 Å². The zero-order valence-electron chi connectivity index (χ0n) is 14.9. The van der Waals surface area contributed by atoms with Crippen LogP contribution in [0.25, 0.3) is 28.7 Å². The van der Waals surface area contributed by atoms with Gasteiger partial charge in [-0.3, -0.25) is 0 Å². The van der Waals surface area contributed by atoms with Gasteiger partial charge in [-0.15, -0.1) is 0 Å². The van der Waals surface area contributed by atoms with Crippen molar-refractivity contribution in [3.05, 3.63) is 83.3 Å². The molecule has 1 aliphatic rings. The summed E-state index contributed by atoms with van der Waals surface area (Å²) in [6.07, 6.45) is 6.22. The summed E-state index contributed by atoms with van der Waals surface area (Å²) in [5, 5.41) is 4.33. The lowest BCUT2D eigenvalue weighted by atomic mass is 9.87. The zero-order valence-corrected chi connectivity index (χ0v) is 14.9. The maximum atomic E-state index is 13.4. The summed E-state index contributed by atoms with van der Waals surface area (Å²) in [5.74, 6) is -0.0310. The molecule has 0 radical (unpaired) electrons. The fraction of sp³-hybridized carbons (Fsp3) is 0.136. The molecule has 0 amide bonds. The third kappa shape index (κ3) is 2.87. The molecule has 0 unspecified atom stereocenters. The van der Waals surface area contributed by atoms with Crippen LogP contribution in [-0.2, 0) is 6.42 Å². The largest absolute Gasteiger partial charge is 0.253 e. The first-order valence-electron chi connectivity index (χ1n) is 9.14. The average molecular weight is 374 g/mol. The fourth-order valence-corrected chi connectivity index (χ4v) is 3.76. The average Bonchev–Trinajstić information content (AvgIpc) is 3.17. The van der Waals surface area contributed by atoms with Crippen molar-refractivity contribution in [1.29, 1.82) is 0 Å². The van der Waals surface area contributed by atoms with E-state index < -0.39 is 0 Å². The smallest absolute Gasteiger partial charge is 0.211 e. The second-order valence-electron chi connectivity index (χ2n) is 6.84. The molecule has 4 nitrogen and oxygen atoms in total. The van der Waals surface area contributed by atoms with Gasteiger partial charge in [0.25, 0.3) is 5.78 Å². The first-order valence-corrected chi connectivity index (χ1v) is 9.14. The molecular weight excluding hydrogens is 358 g/mol. The lowest BCUT2D eigenvalue weighted by Crippen LogP contribution is -2.11. The van der Waals surface area contributed by atoms with Gasteiger partial charge in [0.15, 0.2) is 0 Å². The van der Waals surface area contributed by atoms with Gasteiger partial charge in [0.2, 0.25) is 0 Å². The fourth-order valence-electron chi connectivity index (χ4n) is 3.76. The number of allylic oxidation sites excluding steroid dienone is 1. The lowest BCUT2D eigenvalue weighted by molar-refractivity contribution is 0.627. The number of halogens is 2. The Morgan fingerprint density at radius 2 is 1.61 bits per heavy atom. The van der Waals surface area contributed by atoms with Gasteiger partial charge in [-0.25, -0.2) is 13.8 Å². The molecule has 0 N–H and O–H groups in total. The molecular formula is C22H16F2N4. The molecule has 2 aromatic heterocycles. The molecule has 5 rings (SSSR count). The van der Waals surface area contributed by atoms with Gasteiger partial charge in [-0.05, 0) is 72.9 Å². The summed E-state index contributed by atoms with van der Waals surface area (Å²) in [6.45, 7) is 0. The molecule has 0 saturated heterocycles. The van der Waals surface area contributed by atoms with Crippen molar-refractivity contribution in [3.63, 3.8) is 0 Å². The van der Waals surface area contributed by atoms with E-state index in [2.05, 4.69) is 10.1 Å². The van der Waals surface area contributed by atoms with Crippen LogP contribution >= 0.6 is 0 Å². The van der Waals surface area contributed by atoms with Gasteiger partial charge in [-0.2, -0.15) is 14.6 Å². The van der Waals surface area contributed by atoms with E-state index in [-0.39, 0.29) is 11.6 Å². The highest BCUT2D eigenvalue weighted by Gasteiger charge is 2.23. The normalized spacial score (nSPS) is 15.1. The van der Waals surface area contributed by atoms with E-state index in [4.69, 9.17) is 4.98 Å². The topological polar surface area (TPSA) is 43.1 Å². The van der Waals surface area contributed by atoms with Crippen molar-refractivity contribution in [3.8, 4) is 11.3 Å². The van der Waals surface area contributed by atoms with E-state index in [0.717, 1.165) is 52.9 Å². The van der Waals surface area contributed by atoms with E-state index in [9.17, 15) is 8.78 Å². The molecule has 0 aliphatic heterocycles. The number of rotatable bonds is 2. The van der Waals surface area contributed by atoms with E-state index in [1.54, 1.807) is 28.8 Å². The Hall–Kier alpha value is -3.41. The SMILES string of the molecule is Fc1ccc(/C=C2/CCCc3c2nc2ncnn2c3-c2ccc(F)cc2)cc1. The molecule has 28 heavy (non-hydrogen) atoms. The highest BCUT2D eigenvalue weighted by atomic mass is 19.1. The van der Waals surface area contributed by atoms with Gasteiger partial charge >= 0.3 is 0 Å². The Morgan fingerprint density at radius 1 is 0.893 bits per heavy atom. The summed E-state index contributed by atoms with van der Waals surface area (Å²) in [6, 6.07) is 12.8. The maximum Gasteiger partial charge on any atom is 0.253 e. The first kappa shape index (κ1) is 16.7. The molecule has 2 aromatic carbocycles. The van der Waals surface area contributed by atoms with Crippen molar-refractivity contribution in [2.45, 2.75) is 19.3 Å². The van der Waals surface area contributed by atoms with Crippen LogP contribution in [0.15, 0.2) is 54.9 Å². The summed E-state index contributed by atoms with van der Waals surface area (Å²) >= 11 is 0. The van der Waals surface area contributed by atoms with Gasteiger partial charge in [-0.1, -0.05) is 12.1 Å². The third-order valence-corrected chi connectivity index (χ3v) is 5.03. The second kappa shape index (κ2) is 6.64. The van der Waals surface area contributed by atoms with Crippen molar-refractivity contribution in [1.82, 2.24) is 19.6 Å². The maximum absolute atomic E-state index is 13.4. The highest BCUT2D eigenvalue weighted by molar-refractivity contribution is 5.85. The zero-order chi connectivity index (χ0) is 19.1. The predicted octanol–water partition coefficient (Wildman–Crippen LogP) is 4.95. The second-order valence-corrected chi connectivity index (χ2v) is 6.84. The van der Waals surface area contributed by atoms with Crippen LogP contribution in [0.4, 0.5) is 8.78 Å². The van der Waals surface area contributed by atoms with E-state index in [1.807, 2.05) is 6.08 Å². The molecule has 138 valence electrons. The van der Waals surface area contributed by atoms with E-state index >= 15 is 0 Å². The summed E-state index contributed by atoms with van der Waals surface area (Å²) < 4.78 is 28.4. The molecule has 2 heterocycles. The number of aromatic nitrogens is 4. The quantitative estimate of drug-likeness (QED) is 0.499. The molecule has 0 spiro atoms. The lowest BCUT2D eigenvalue weighted by Gasteiger charge is -2.22. The van der Waals surface area contributed by atoms with Crippen molar-refractivity contribution in [2.24, 2.45) is 0 Å². The number of nitrogens with zero attached hydrogens (tertiary/aromatic N) is 4. The number of hydrogen-bond donors (Lipinski definition) is 0. The van der Waals surface area contributed by atoms with Crippen molar-refractivity contribution < 1.29 is 8.78 Å². The number of hydrogen-bond acceptors (Lipinski definition) is 3. The monoisotopic (exact) mass is 374 g/mol. The van der Waals surface area contributed by atoms with Gasteiger partial charge in [0, 0.05) is 11.1 Å².